The average Bonchev–Trinajstić information content (AvgIpc) is 3.08. The molecule has 0 atom stereocenters. The van der Waals surface area contributed by atoms with E-state index in [0.717, 1.165) is 31.7 Å². The smallest absolute Gasteiger partial charge is 0.335 e. The quantitative estimate of drug-likeness (QED) is 0.485. The van der Waals surface area contributed by atoms with E-state index >= 15 is 0 Å². The van der Waals surface area contributed by atoms with Gasteiger partial charge in [0.15, 0.2) is 0 Å². The first-order chi connectivity index (χ1) is 13.0. The number of hydrogen-bond acceptors (Lipinski definition) is 3. The van der Waals surface area contributed by atoms with E-state index in [1.54, 1.807) is 35.6 Å². The van der Waals surface area contributed by atoms with Crippen molar-refractivity contribution < 1.29 is 19.8 Å². The highest BCUT2D eigenvalue weighted by atomic mass is 32.1. The Labute approximate surface area is 159 Å². The fraction of sp³-hybridized carbons (Fsp3) is 0. The third-order valence-corrected chi connectivity index (χ3v) is 5.73. The lowest BCUT2D eigenvalue weighted by Crippen LogP contribution is -1.94. The molecule has 0 amide bonds. The Bertz CT molecular complexity index is 1060. The molecule has 4 nitrogen and oxygen atoms in total. The first-order valence-corrected chi connectivity index (χ1v) is 9.05. The minimum absolute atomic E-state index is 0.254. The van der Waals surface area contributed by atoms with Gasteiger partial charge in [-0.3, -0.25) is 0 Å². The molecule has 27 heavy (non-hydrogen) atoms. The molecule has 0 aliphatic rings. The topological polar surface area (TPSA) is 74.6 Å². The van der Waals surface area contributed by atoms with E-state index < -0.39 is 11.9 Å². The van der Waals surface area contributed by atoms with E-state index in [1.165, 1.54) is 0 Å². The molecule has 0 aliphatic carbocycles. The van der Waals surface area contributed by atoms with Crippen LogP contribution in [-0.2, 0) is 0 Å². The van der Waals surface area contributed by atoms with Crippen LogP contribution >= 0.6 is 11.3 Å². The summed E-state index contributed by atoms with van der Waals surface area (Å²) in [6.45, 7) is 0. The summed E-state index contributed by atoms with van der Waals surface area (Å²) in [4.78, 5) is 24.3. The van der Waals surface area contributed by atoms with Gasteiger partial charge in [0.2, 0.25) is 0 Å². The molecule has 4 rings (SSSR count). The van der Waals surface area contributed by atoms with E-state index in [4.69, 9.17) is 10.2 Å². The number of carbonyl (C=O) groups is 2. The van der Waals surface area contributed by atoms with Gasteiger partial charge in [0.05, 0.1) is 11.1 Å². The minimum atomic E-state index is -0.947. The van der Waals surface area contributed by atoms with Gasteiger partial charge in [-0.1, -0.05) is 48.5 Å². The minimum Gasteiger partial charge on any atom is -0.478 e. The Balaban J connectivity index is 1.86. The van der Waals surface area contributed by atoms with Gasteiger partial charge in [-0.15, -0.1) is 11.3 Å². The van der Waals surface area contributed by atoms with Crippen LogP contribution in [0, 0.1) is 0 Å². The van der Waals surface area contributed by atoms with Crippen LogP contribution in [0.15, 0.2) is 72.8 Å². The van der Waals surface area contributed by atoms with Gasteiger partial charge in [0.1, 0.15) is 0 Å². The molecule has 4 aromatic rings. The zero-order valence-electron chi connectivity index (χ0n) is 14.0. The predicted molar refractivity (Wildman–Crippen MR) is 107 cm³/mol. The van der Waals surface area contributed by atoms with Crippen LogP contribution in [0.1, 0.15) is 20.7 Å². The van der Waals surface area contributed by atoms with Crippen molar-refractivity contribution in [3.63, 3.8) is 0 Å². The molecule has 0 bridgehead atoms. The number of rotatable bonds is 4. The van der Waals surface area contributed by atoms with E-state index in [1.807, 2.05) is 48.5 Å². The molecule has 0 unspecified atom stereocenters. The van der Waals surface area contributed by atoms with Crippen molar-refractivity contribution >= 4 is 34.0 Å². The van der Waals surface area contributed by atoms with Gasteiger partial charge in [0, 0.05) is 20.5 Å². The number of fused-ring (bicyclic) bond motifs is 1. The largest absolute Gasteiger partial charge is 0.478 e. The molecule has 5 heteroatoms. The summed E-state index contributed by atoms with van der Waals surface area (Å²) in [5.41, 5.74) is 2.41. The zero-order valence-corrected chi connectivity index (χ0v) is 14.9. The summed E-state index contributed by atoms with van der Waals surface area (Å²) in [6, 6.07) is 21.7. The lowest BCUT2D eigenvalue weighted by Gasteiger charge is -2.00. The van der Waals surface area contributed by atoms with Crippen LogP contribution in [-0.4, -0.2) is 22.2 Å². The number of benzene rings is 3. The van der Waals surface area contributed by atoms with Crippen LogP contribution in [0.4, 0.5) is 0 Å². The second-order valence-electron chi connectivity index (χ2n) is 6.07. The molecule has 0 saturated heterocycles. The number of hydrogen-bond donors (Lipinski definition) is 2. The Morgan fingerprint density at radius 1 is 0.593 bits per heavy atom. The van der Waals surface area contributed by atoms with E-state index in [-0.39, 0.29) is 11.1 Å². The standard InChI is InChI=1S/C22H14O4S/c23-21(24)15-9-5-13(6-10-15)19-17-3-1-2-4-18(17)20(27-19)14-7-11-16(12-8-14)22(25)26/h1-12H,(H,23,24)(H,25,26). The maximum atomic E-state index is 11.1. The highest BCUT2D eigenvalue weighted by Crippen LogP contribution is 2.43. The Kier molecular flexibility index (Phi) is 4.22. The predicted octanol–water partition coefficient (Wildman–Crippen LogP) is 5.63. The molecule has 0 radical (unpaired) electrons. The van der Waals surface area contributed by atoms with Crippen molar-refractivity contribution in [3.05, 3.63) is 83.9 Å². The van der Waals surface area contributed by atoms with E-state index in [2.05, 4.69) is 0 Å². The third-order valence-electron chi connectivity index (χ3n) is 4.41. The summed E-state index contributed by atoms with van der Waals surface area (Å²) in [5, 5.41) is 20.4. The van der Waals surface area contributed by atoms with Crippen LogP contribution in [0.5, 0.6) is 0 Å². The SMILES string of the molecule is O=C(O)c1ccc(-c2sc(-c3ccc(C(=O)O)cc3)c3ccccc23)cc1. The van der Waals surface area contributed by atoms with Gasteiger partial charge in [-0.2, -0.15) is 0 Å². The van der Waals surface area contributed by atoms with Gasteiger partial charge in [0.25, 0.3) is 0 Å². The van der Waals surface area contributed by atoms with Crippen LogP contribution in [0.25, 0.3) is 31.7 Å². The molecule has 3 aromatic carbocycles. The number of thiophene rings is 1. The van der Waals surface area contributed by atoms with Gasteiger partial charge >= 0.3 is 11.9 Å². The second kappa shape index (κ2) is 6.70. The normalized spacial score (nSPS) is 10.8. The first-order valence-electron chi connectivity index (χ1n) is 8.23. The molecule has 0 fully saturated rings. The van der Waals surface area contributed by atoms with E-state index in [0.29, 0.717) is 0 Å². The highest BCUT2D eigenvalue weighted by Gasteiger charge is 2.15. The monoisotopic (exact) mass is 374 g/mol. The molecule has 0 spiro atoms. The first kappa shape index (κ1) is 17.0. The maximum absolute atomic E-state index is 11.1. The molecular weight excluding hydrogens is 360 g/mol. The molecule has 0 aliphatic heterocycles. The lowest BCUT2D eigenvalue weighted by molar-refractivity contribution is 0.0686. The molecule has 1 heterocycles. The van der Waals surface area contributed by atoms with Crippen molar-refractivity contribution in [1.29, 1.82) is 0 Å². The fourth-order valence-corrected chi connectivity index (χ4v) is 4.34. The van der Waals surface area contributed by atoms with Gasteiger partial charge in [-0.25, -0.2) is 9.59 Å². The van der Waals surface area contributed by atoms with Crippen molar-refractivity contribution in [2.24, 2.45) is 0 Å². The van der Waals surface area contributed by atoms with Crippen molar-refractivity contribution in [3.8, 4) is 20.9 Å². The molecule has 0 saturated carbocycles. The van der Waals surface area contributed by atoms with E-state index in [9.17, 15) is 9.59 Å². The summed E-state index contributed by atoms with van der Waals surface area (Å²) in [5.74, 6) is -1.89. The van der Waals surface area contributed by atoms with Crippen molar-refractivity contribution in [1.82, 2.24) is 0 Å². The Morgan fingerprint density at radius 3 is 1.30 bits per heavy atom. The number of carboxylic acids is 2. The van der Waals surface area contributed by atoms with Crippen LogP contribution in [0.3, 0.4) is 0 Å². The summed E-state index contributed by atoms with van der Waals surface area (Å²) >= 11 is 1.61. The number of carboxylic acid groups (broad SMARTS) is 2. The summed E-state index contributed by atoms with van der Waals surface area (Å²) < 4.78 is 0. The zero-order chi connectivity index (χ0) is 19.0. The highest BCUT2D eigenvalue weighted by molar-refractivity contribution is 7.21. The summed E-state index contributed by atoms with van der Waals surface area (Å²) in [6.07, 6.45) is 0. The van der Waals surface area contributed by atoms with Crippen LogP contribution in [0.2, 0.25) is 0 Å². The second-order valence-corrected chi connectivity index (χ2v) is 7.09. The average molecular weight is 374 g/mol. The Hall–Kier alpha value is -3.44. The van der Waals surface area contributed by atoms with Gasteiger partial charge < -0.3 is 10.2 Å². The van der Waals surface area contributed by atoms with Crippen molar-refractivity contribution in [2.45, 2.75) is 0 Å². The molecule has 2 N–H and O–H groups in total. The van der Waals surface area contributed by atoms with Crippen LogP contribution < -0.4 is 0 Å². The maximum Gasteiger partial charge on any atom is 0.335 e. The summed E-state index contributed by atoms with van der Waals surface area (Å²) in [7, 11) is 0. The molecule has 132 valence electrons. The number of aromatic carboxylic acids is 2. The fourth-order valence-electron chi connectivity index (χ4n) is 3.05. The molecular formula is C22H14O4S. The molecule has 1 aromatic heterocycles. The third kappa shape index (κ3) is 3.09. The Morgan fingerprint density at radius 2 is 0.963 bits per heavy atom. The van der Waals surface area contributed by atoms with Crippen molar-refractivity contribution in [2.75, 3.05) is 0 Å². The lowest BCUT2D eigenvalue weighted by atomic mass is 10.0. The van der Waals surface area contributed by atoms with Gasteiger partial charge in [-0.05, 0) is 35.4 Å².